The van der Waals surface area contributed by atoms with Crippen molar-refractivity contribution in [2.24, 2.45) is 0 Å². The standard InChI is InChI=1S/C26H32N2O5S/c1-18(2)28-12-13-34(31,32)26(17-28,15-25(29)30)21-8-10-22(11-9-21)33-16-20-14-19(3)27-24-7-5-4-6-23(20)24/h4-11,14,18,31-32H,12-13,15-17H2,1-3H3,(H,29,30). The lowest BCUT2D eigenvalue weighted by atomic mass is 9.93. The zero-order chi connectivity index (χ0) is 24.5. The highest BCUT2D eigenvalue weighted by atomic mass is 32.3. The predicted molar refractivity (Wildman–Crippen MR) is 136 cm³/mol. The highest BCUT2D eigenvalue weighted by Gasteiger charge is 2.50. The van der Waals surface area contributed by atoms with Gasteiger partial charge in [0.1, 0.15) is 17.1 Å². The molecule has 3 N–H and O–H groups in total. The third-order valence-electron chi connectivity index (χ3n) is 6.62. The molecule has 0 saturated carbocycles. The molecule has 1 atom stereocenters. The van der Waals surface area contributed by atoms with Gasteiger partial charge in [0.2, 0.25) is 0 Å². The van der Waals surface area contributed by atoms with Gasteiger partial charge in [-0.25, -0.2) is 0 Å². The largest absolute Gasteiger partial charge is 0.489 e. The Bertz CT molecular complexity index is 1180. The highest BCUT2D eigenvalue weighted by Crippen LogP contribution is 2.62. The first kappa shape index (κ1) is 24.5. The first-order valence-electron chi connectivity index (χ1n) is 11.4. The van der Waals surface area contributed by atoms with Gasteiger partial charge < -0.3 is 9.84 Å². The highest BCUT2D eigenvalue weighted by molar-refractivity contribution is 8.25. The molecule has 2 heterocycles. The van der Waals surface area contributed by atoms with Gasteiger partial charge >= 0.3 is 5.97 Å². The van der Waals surface area contributed by atoms with Crippen LogP contribution in [-0.2, 0) is 16.1 Å². The molecule has 1 saturated heterocycles. The lowest BCUT2D eigenvalue weighted by Crippen LogP contribution is -2.54. The molecular formula is C26H32N2O5S. The van der Waals surface area contributed by atoms with Crippen molar-refractivity contribution in [2.75, 3.05) is 18.8 Å². The van der Waals surface area contributed by atoms with E-state index in [-0.39, 0.29) is 24.8 Å². The average Bonchev–Trinajstić information content (AvgIpc) is 2.78. The van der Waals surface area contributed by atoms with E-state index in [0.717, 1.165) is 22.2 Å². The van der Waals surface area contributed by atoms with E-state index < -0.39 is 21.3 Å². The number of ether oxygens (including phenoxy) is 1. The van der Waals surface area contributed by atoms with E-state index >= 15 is 0 Å². The number of carbonyl (C=O) groups is 1. The number of pyridine rings is 1. The minimum atomic E-state index is -3.17. The second-order valence-corrected chi connectivity index (χ2v) is 11.8. The van der Waals surface area contributed by atoms with E-state index in [2.05, 4.69) is 9.88 Å². The molecule has 8 heteroatoms. The molecule has 4 rings (SSSR count). The topological polar surface area (TPSA) is 103 Å². The normalized spacial score (nSPS) is 21.5. The fourth-order valence-corrected chi connectivity index (χ4v) is 6.84. The summed E-state index contributed by atoms with van der Waals surface area (Å²) in [5, 5.41) is 10.7. The summed E-state index contributed by atoms with van der Waals surface area (Å²) in [6.45, 7) is 7.19. The van der Waals surface area contributed by atoms with Crippen LogP contribution < -0.4 is 4.74 Å². The lowest BCUT2D eigenvalue weighted by Gasteiger charge is -2.57. The van der Waals surface area contributed by atoms with Crippen molar-refractivity contribution in [1.29, 1.82) is 0 Å². The van der Waals surface area contributed by atoms with Crippen LogP contribution >= 0.6 is 10.6 Å². The monoisotopic (exact) mass is 484 g/mol. The van der Waals surface area contributed by atoms with Gasteiger partial charge in [0.15, 0.2) is 0 Å². The number of carboxylic acids is 1. The summed E-state index contributed by atoms with van der Waals surface area (Å²) >= 11 is 0. The Hall–Kier alpha value is -2.65. The van der Waals surface area contributed by atoms with Crippen molar-refractivity contribution >= 4 is 27.5 Å². The summed E-state index contributed by atoms with van der Waals surface area (Å²) in [4.78, 5) is 18.5. The number of benzene rings is 2. The molecule has 34 heavy (non-hydrogen) atoms. The molecule has 0 spiro atoms. The number of hydrogen-bond donors (Lipinski definition) is 3. The summed E-state index contributed by atoms with van der Waals surface area (Å²) < 4.78 is 26.9. The van der Waals surface area contributed by atoms with Crippen molar-refractivity contribution in [1.82, 2.24) is 9.88 Å². The fourth-order valence-electron chi connectivity index (χ4n) is 4.72. The van der Waals surface area contributed by atoms with Crippen LogP contribution in [0.3, 0.4) is 0 Å². The number of hydrogen-bond acceptors (Lipinski definition) is 6. The molecule has 0 bridgehead atoms. The van der Waals surface area contributed by atoms with E-state index in [1.165, 1.54) is 0 Å². The number of fused-ring (bicyclic) bond motifs is 1. The lowest BCUT2D eigenvalue weighted by molar-refractivity contribution is -0.138. The Balaban J connectivity index is 1.61. The van der Waals surface area contributed by atoms with Gasteiger partial charge in [-0.1, -0.05) is 30.3 Å². The number of nitrogens with zero attached hydrogens (tertiary/aromatic N) is 2. The summed E-state index contributed by atoms with van der Waals surface area (Å²) in [6.07, 6.45) is -0.346. The van der Waals surface area contributed by atoms with E-state index in [4.69, 9.17) is 4.74 Å². The van der Waals surface area contributed by atoms with Crippen LogP contribution in [0, 0.1) is 6.92 Å². The van der Waals surface area contributed by atoms with Crippen molar-refractivity contribution in [3.05, 3.63) is 71.4 Å². The first-order chi connectivity index (χ1) is 16.1. The van der Waals surface area contributed by atoms with Crippen molar-refractivity contribution in [3.8, 4) is 5.75 Å². The molecule has 3 aromatic rings. The maximum Gasteiger partial charge on any atom is 0.305 e. The predicted octanol–water partition coefficient (Wildman–Crippen LogP) is 5.27. The molecule has 1 aliphatic heterocycles. The maximum absolute atomic E-state index is 11.8. The first-order valence-corrected chi connectivity index (χ1v) is 13.1. The Kier molecular flexibility index (Phi) is 6.87. The Morgan fingerprint density at radius 1 is 1.18 bits per heavy atom. The van der Waals surface area contributed by atoms with Crippen LogP contribution in [0.1, 0.15) is 37.1 Å². The number of aliphatic carboxylic acids is 1. The minimum Gasteiger partial charge on any atom is -0.489 e. The molecule has 7 nitrogen and oxygen atoms in total. The SMILES string of the molecule is Cc1cc(COc2ccc(C3(CC(=O)O)CN(C(C)C)CCS3(O)O)cc2)c2ccccc2n1. The van der Waals surface area contributed by atoms with Crippen molar-refractivity contribution in [3.63, 3.8) is 0 Å². The fraction of sp³-hybridized carbons (Fsp3) is 0.385. The smallest absolute Gasteiger partial charge is 0.305 e. The zero-order valence-electron chi connectivity index (χ0n) is 19.8. The zero-order valence-corrected chi connectivity index (χ0v) is 20.6. The van der Waals surface area contributed by atoms with Gasteiger partial charge in [-0.3, -0.25) is 23.8 Å². The van der Waals surface area contributed by atoms with Gasteiger partial charge in [-0.05, 0) is 50.6 Å². The second kappa shape index (κ2) is 9.54. The van der Waals surface area contributed by atoms with Gasteiger partial charge in [0.25, 0.3) is 0 Å². The molecule has 0 amide bonds. The molecule has 0 aliphatic carbocycles. The number of para-hydroxylation sites is 1. The van der Waals surface area contributed by atoms with Crippen molar-refractivity contribution in [2.45, 2.75) is 44.6 Å². The minimum absolute atomic E-state index is 0.158. The quantitative estimate of drug-likeness (QED) is 0.420. The van der Waals surface area contributed by atoms with E-state index in [0.29, 0.717) is 24.5 Å². The summed E-state index contributed by atoms with van der Waals surface area (Å²) in [5.74, 6) is -0.267. The molecule has 0 radical (unpaired) electrons. The molecule has 182 valence electrons. The van der Waals surface area contributed by atoms with Crippen LogP contribution in [0.2, 0.25) is 0 Å². The van der Waals surface area contributed by atoms with Gasteiger partial charge in [0.05, 0.1) is 17.7 Å². The Morgan fingerprint density at radius 3 is 2.56 bits per heavy atom. The molecular weight excluding hydrogens is 452 g/mol. The Morgan fingerprint density at radius 2 is 1.88 bits per heavy atom. The number of aryl methyl sites for hydroxylation is 1. The molecule has 1 unspecified atom stereocenters. The van der Waals surface area contributed by atoms with E-state index in [9.17, 15) is 19.0 Å². The van der Waals surface area contributed by atoms with Gasteiger partial charge in [-0.15, -0.1) is 0 Å². The summed E-state index contributed by atoms with van der Waals surface area (Å²) in [5.41, 5.74) is 3.48. The third kappa shape index (κ3) is 4.77. The number of rotatable bonds is 7. The number of carboxylic acid groups (broad SMARTS) is 1. The molecule has 2 aromatic carbocycles. The third-order valence-corrected chi connectivity index (χ3v) is 9.13. The van der Waals surface area contributed by atoms with Crippen LogP contribution in [-0.4, -0.2) is 54.9 Å². The summed E-state index contributed by atoms with van der Waals surface area (Å²) in [6, 6.07) is 17.2. The number of aromatic nitrogens is 1. The van der Waals surface area contributed by atoms with Gasteiger partial charge in [0, 0.05) is 35.8 Å². The molecule has 1 fully saturated rings. The second-order valence-electron chi connectivity index (χ2n) is 9.25. The van der Waals surface area contributed by atoms with Gasteiger partial charge in [-0.2, -0.15) is 10.6 Å². The van der Waals surface area contributed by atoms with Crippen LogP contribution in [0.4, 0.5) is 0 Å². The van der Waals surface area contributed by atoms with Crippen LogP contribution in [0.15, 0.2) is 54.6 Å². The van der Waals surface area contributed by atoms with E-state index in [1.54, 1.807) is 24.3 Å². The molecule has 1 aromatic heterocycles. The van der Waals surface area contributed by atoms with Crippen LogP contribution in [0.5, 0.6) is 5.75 Å². The van der Waals surface area contributed by atoms with Crippen molar-refractivity contribution < 1.29 is 23.7 Å². The maximum atomic E-state index is 11.8. The van der Waals surface area contributed by atoms with E-state index in [1.807, 2.05) is 51.1 Å². The average molecular weight is 485 g/mol. The summed E-state index contributed by atoms with van der Waals surface area (Å²) in [7, 11) is -3.17. The molecule has 1 aliphatic rings. The van der Waals surface area contributed by atoms with Crippen LogP contribution in [0.25, 0.3) is 10.9 Å². The Labute approximate surface area is 201 Å².